The van der Waals surface area contributed by atoms with E-state index in [1.807, 2.05) is 43.0 Å². The maximum atomic E-state index is 13.0. The van der Waals surface area contributed by atoms with Gasteiger partial charge in [0.1, 0.15) is 11.5 Å². The number of fused-ring (bicyclic) bond motifs is 1. The molecular weight excluding hydrogens is 376 g/mol. The Kier molecular flexibility index (Phi) is 6.28. The number of methoxy groups -OCH3 is 1. The molecule has 0 saturated carbocycles. The molecule has 2 heterocycles. The molecule has 2 aromatic rings. The summed E-state index contributed by atoms with van der Waals surface area (Å²) in [5.41, 5.74) is 2.04. The van der Waals surface area contributed by atoms with Crippen molar-refractivity contribution in [2.45, 2.75) is 45.4 Å². The van der Waals surface area contributed by atoms with Crippen molar-refractivity contribution in [3.8, 4) is 11.5 Å². The Hall–Kier alpha value is -2.53. The number of hydrogen-bond acceptors (Lipinski definition) is 4. The first kappa shape index (κ1) is 20.7. The van der Waals surface area contributed by atoms with E-state index in [1.54, 1.807) is 7.11 Å². The number of benzene rings is 2. The van der Waals surface area contributed by atoms with Gasteiger partial charge >= 0.3 is 0 Å². The van der Waals surface area contributed by atoms with Crippen LogP contribution in [0.1, 0.15) is 42.6 Å². The van der Waals surface area contributed by atoms with E-state index in [4.69, 9.17) is 9.47 Å². The molecule has 1 amide bonds. The van der Waals surface area contributed by atoms with Gasteiger partial charge in [-0.2, -0.15) is 0 Å². The lowest BCUT2D eigenvalue weighted by atomic mass is 9.91. The number of ether oxygens (including phenoxy) is 2. The van der Waals surface area contributed by atoms with Gasteiger partial charge in [-0.05, 0) is 81.1 Å². The maximum absolute atomic E-state index is 13.0. The summed E-state index contributed by atoms with van der Waals surface area (Å²) in [5.74, 6) is 2.38. The molecule has 2 aliphatic rings. The molecule has 2 aromatic carbocycles. The fraction of sp³-hybridized carbons (Fsp3) is 0.480. The van der Waals surface area contributed by atoms with Gasteiger partial charge in [-0.1, -0.05) is 12.1 Å². The fourth-order valence-corrected chi connectivity index (χ4v) is 4.73. The van der Waals surface area contributed by atoms with Gasteiger partial charge in [-0.25, -0.2) is 0 Å². The molecule has 5 nitrogen and oxygen atoms in total. The van der Waals surface area contributed by atoms with Gasteiger partial charge in [0, 0.05) is 31.2 Å². The number of piperidine rings is 1. The molecule has 0 bridgehead atoms. The monoisotopic (exact) mass is 408 g/mol. The van der Waals surface area contributed by atoms with Crippen LogP contribution >= 0.6 is 0 Å². The maximum Gasteiger partial charge on any atom is 0.253 e. The predicted molar refractivity (Wildman–Crippen MR) is 118 cm³/mol. The van der Waals surface area contributed by atoms with E-state index in [2.05, 4.69) is 29.2 Å². The first-order valence-corrected chi connectivity index (χ1v) is 11.0. The van der Waals surface area contributed by atoms with Gasteiger partial charge in [-0.3, -0.25) is 9.69 Å². The summed E-state index contributed by atoms with van der Waals surface area (Å²) in [6, 6.07) is 16.3. The van der Waals surface area contributed by atoms with Crippen LogP contribution in [0.4, 0.5) is 0 Å². The largest absolute Gasteiger partial charge is 0.497 e. The Morgan fingerprint density at radius 1 is 1.03 bits per heavy atom. The lowest BCUT2D eigenvalue weighted by Gasteiger charge is -2.36. The number of rotatable bonds is 6. The highest BCUT2D eigenvalue weighted by molar-refractivity contribution is 5.94. The number of nitrogens with zero attached hydrogens (tertiary/aromatic N) is 2. The minimum atomic E-state index is 0.127. The summed E-state index contributed by atoms with van der Waals surface area (Å²) in [7, 11) is 1.64. The molecule has 0 unspecified atom stereocenters. The molecule has 2 saturated heterocycles. The summed E-state index contributed by atoms with van der Waals surface area (Å²) in [5, 5.41) is 0. The SMILES string of the molecule is COc1ccc(C(=O)N2C[C@H]3CCCN(Cc4ccc(OC(C)C)cc4)[C@H]3C2)cc1. The first-order chi connectivity index (χ1) is 14.5. The van der Waals surface area contributed by atoms with Gasteiger partial charge in [0.05, 0.1) is 13.2 Å². The van der Waals surface area contributed by atoms with Crippen LogP contribution in [0.5, 0.6) is 11.5 Å². The summed E-state index contributed by atoms with van der Waals surface area (Å²) < 4.78 is 11.0. The molecule has 0 aromatic heterocycles. The molecule has 0 N–H and O–H groups in total. The van der Waals surface area contributed by atoms with Crippen LogP contribution in [0.3, 0.4) is 0 Å². The third kappa shape index (κ3) is 4.62. The van der Waals surface area contributed by atoms with Gasteiger partial charge in [0.2, 0.25) is 0 Å². The molecule has 2 fully saturated rings. The molecule has 0 radical (unpaired) electrons. The molecule has 30 heavy (non-hydrogen) atoms. The van der Waals surface area contributed by atoms with Gasteiger partial charge < -0.3 is 14.4 Å². The highest BCUT2D eigenvalue weighted by atomic mass is 16.5. The second-order valence-corrected chi connectivity index (χ2v) is 8.69. The Bertz CT molecular complexity index is 848. The summed E-state index contributed by atoms with van der Waals surface area (Å²) in [6.07, 6.45) is 2.58. The zero-order valence-electron chi connectivity index (χ0n) is 18.2. The van der Waals surface area contributed by atoms with Crippen LogP contribution in [-0.4, -0.2) is 54.6 Å². The molecular formula is C25H32N2O3. The van der Waals surface area contributed by atoms with Crippen molar-refractivity contribution < 1.29 is 14.3 Å². The van der Waals surface area contributed by atoms with E-state index >= 15 is 0 Å². The Morgan fingerprint density at radius 3 is 2.40 bits per heavy atom. The van der Waals surface area contributed by atoms with Crippen LogP contribution in [-0.2, 0) is 6.54 Å². The van der Waals surface area contributed by atoms with E-state index < -0.39 is 0 Å². The highest BCUT2D eigenvalue weighted by Crippen LogP contribution is 2.32. The first-order valence-electron chi connectivity index (χ1n) is 11.0. The zero-order chi connectivity index (χ0) is 21.1. The second kappa shape index (κ2) is 9.09. The molecule has 2 aliphatic heterocycles. The predicted octanol–water partition coefficient (Wildman–Crippen LogP) is 4.22. The van der Waals surface area contributed by atoms with Crippen molar-refractivity contribution in [3.63, 3.8) is 0 Å². The molecule has 2 atom stereocenters. The number of hydrogen-bond donors (Lipinski definition) is 0. The lowest BCUT2D eigenvalue weighted by molar-refractivity contribution is 0.0774. The normalized spacial score (nSPS) is 21.5. The van der Waals surface area contributed by atoms with Crippen molar-refractivity contribution in [3.05, 3.63) is 59.7 Å². The van der Waals surface area contributed by atoms with Gasteiger partial charge in [0.15, 0.2) is 0 Å². The average Bonchev–Trinajstić information content (AvgIpc) is 3.20. The van der Waals surface area contributed by atoms with Gasteiger partial charge in [-0.15, -0.1) is 0 Å². The van der Waals surface area contributed by atoms with E-state index in [-0.39, 0.29) is 12.0 Å². The van der Waals surface area contributed by atoms with E-state index in [0.717, 1.165) is 43.2 Å². The number of amides is 1. The minimum absolute atomic E-state index is 0.127. The van der Waals surface area contributed by atoms with Crippen LogP contribution in [0.15, 0.2) is 48.5 Å². The minimum Gasteiger partial charge on any atom is -0.497 e. The van der Waals surface area contributed by atoms with E-state index in [0.29, 0.717) is 12.0 Å². The Balaban J connectivity index is 1.40. The molecule has 0 aliphatic carbocycles. The smallest absolute Gasteiger partial charge is 0.253 e. The van der Waals surface area contributed by atoms with E-state index in [9.17, 15) is 4.79 Å². The average molecular weight is 409 g/mol. The highest BCUT2D eigenvalue weighted by Gasteiger charge is 2.40. The van der Waals surface area contributed by atoms with Crippen LogP contribution in [0.25, 0.3) is 0 Å². The lowest BCUT2D eigenvalue weighted by Crippen LogP contribution is -2.44. The van der Waals surface area contributed by atoms with Gasteiger partial charge in [0.25, 0.3) is 5.91 Å². The van der Waals surface area contributed by atoms with Crippen LogP contribution < -0.4 is 9.47 Å². The fourth-order valence-electron chi connectivity index (χ4n) is 4.73. The summed E-state index contributed by atoms with van der Waals surface area (Å²) in [6.45, 7) is 7.77. The summed E-state index contributed by atoms with van der Waals surface area (Å²) in [4.78, 5) is 17.6. The quantitative estimate of drug-likeness (QED) is 0.718. The number of carbonyl (C=O) groups excluding carboxylic acids is 1. The Labute approximate surface area is 179 Å². The van der Waals surface area contributed by atoms with Crippen molar-refractivity contribution in [1.29, 1.82) is 0 Å². The Morgan fingerprint density at radius 2 is 1.73 bits per heavy atom. The zero-order valence-corrected chi connectivity index (χ0v) is 18.2. The van der Waals surface area contributed by atoms with Crippen molar-refractivity contribution in [1.82, 2.24) is 9.80 Å². The molecule has 4 rings (SSSR count). The molecule has 5 heteroatoms. The molecule has 160 valence electrons. The third-order valence-corrected chi connectivity index (χ3v) is 6.20. The van der Waals surface area contributed by atoms with Crippen molar-refractivity contribution in [2.75, 3.05) is 26.7 Å². The van der Waals surface area contributed by atoms with Crippen molar-refractivity contribution in [2.24, 2.45) is 5.92 Å². The van der Waals surface area contributed by atoms with Crippen LogP contribution in [0, 0.1) is 5.92 Å². The number of carbonyl (C=O) groups is 1. The third-order valence-electron chi connectivity index (χ3n) is 6.20. The standard InChI is InChI=1S/C25H32N2O3/c1-18(2)30-23-10-6-19(7-11-23)15-26-14-4-5-21-16-27(17-24(21)26)25(28)20-8-12-22(29-3)13-9-20/h6-13,18,21,24H,4-5,14-17H2,1-3H3/t21-,24+/m1/s1. The van der Waals surface area contributed by atoms with Crippen molar-refractivity contribution >= 4 is 5.91 Å². The van der Waals surface area contributed by atoms with E-state index in [1.165, 1.54) is 18.4 Å². The topological polar surface area (TPSA) is 42.0 Å². The number of likely N-dealkylation sites (tertiary alicyclic amines) is 2. The second-order valence-electron chi connectivity index (χ2n) is 8.69. The van der Waals surface area contributed by atoms with Crippen LogP contribution in [0.2, 0.25) is 0 Å². The molecule has 0 spiro atoms. The summed E-state index contributed by atoms with van der Waals surface area (Å²) >= 11 is 0.